The van der Waals surface area contributed by atoms with Gasteiger partial charge in [0.05, 0.1) is 0 Å². The number of rotatable bonds is 50. The van der Waals surface area contributed by atoms with Gasteiger partial charge >= 0.3 is 17.9 Å². The normalized spacial score (nSPS) is 12.5. The van der Waals surface area contributed by atoms with Crippen LogP contribution in [-0.2, 0) is 28.6 Å². The quantitative estimate of drug-likeness (QED) is 0.0262. The highest BCUT2D eigenvalue weighted by molar-refractivity contribution is 5.71. The van der Waals surface area contributed by atoms with E-state index in [4.69, 9.17) is 14.2 Å². The second-order valence-corrected chi connectivity index (χ2v) is 18.5. The molecule has 0 aromatic heterocycles. The van der Waals surface area contributed by atoms with Crippen molar-refractivity contribution in [2.75, 3.05) is 13.2 Å². The molecule has 0 radical (unpaired) electrons. The smallest absolute Gasteiger partial charge is 0.306 e. The first-order chi connectivity index (χ1) is 32.0. The summed E-state index contributed by atoms with van der Waals surface area (Å²) in [5.74, 6) is -0.944. The average molecular weight is 909 g/mol. The maximum absolute atomic E-state index is 12.8. The topological polar surface area (TPSA) is 78.9 Å². The molecule has 0 aromatic carbocycles. The van der Waals surface area contributed by atoms with Crippen molar-refractivity contribution in [3.8, 4) is 0 Å². The Morgan fingerprint density at radius 1 is 0.308 bits per heavy atom. The van der Waals surface area contributed by atoms with Crippen molar-refractivity contribution in [3.05, 3.63) is 60.8 Å². The minimum atomic E-state index is -0.796. The van der Waals surface area contributed by atoms with E-state index in [0.29, 0.717) is 19.3 Å². The van der Waals surface area contributed by atoms with Gasteiger partial charge in [-0.25, -0.2) is 0 Å². The summed E-state index contributed by atoms with van der Waals surface area (Å²) in [7, 11) is 0. The highest BCUT2D eigenvalue weighted by Crippen LogP contribution is 2.15. The van der Waals surface area contributed by atoms with Crippen LogP contribution in [-0.4, -0.2) is 37.2 Å². The van der Waals surface area contributed by atoms with Crippen molar-refractivity contribution >= 4 is 17.9 Å². The number of carbonyl (C=O) groups is 3. The molecule has 6 nitrogen and oxygen atoms in total. The van der Waals surface area contributed by atoms with Gasteiger partial charge in [0, 0.05) is 19.3 Å². The zero-order chi connectivity index (χ0) is 47.2. The fourth-order valence-electron chi connectivity index (χ4n) is 7.78. The highest BCUT2D eigenvalue weighted by atomic mass is 16.6. The second-order valence-electron chi connectivity index (χ2n) is 18.5. The molecule has 6 heteroatoms. The van der Waals surface area contributed by atoms with E-state index in [0.717, 1.165) is 64.2 Å². The molecule has 0 aliphatic rings. The first-order valence-electron chi connectivity index (χ1n) is 27.8. The predicted molar refractivity (Wildman–Crippen MR) is 279 cm³/mol. The predicted octanol–water partition coefficient (Wildman–Crippen LogP) is 18.4. The standard InChI is InChI=1S/C59H104O6/c1-4-7-10-13-16-19-22-25-27-29-31-34-37-40-43-46-49-52-58(61)64-55-56(54-63-57(60)51-48-45-42-39-36-33-24-21-18-15-12-9-6-3)65-59(62)53-50-47-44-41-38-35-32-30-28-26-23-20-17-14-11-8-5-2/h16,19,25-28,31,34,40,43,56H,4-15,17-18,20-24,29-30,32-33,35-39,41-42,44-55H2,1-3H3/b19-16+,27-25+,28-26+,34-31+,43-40+/t56-/m1/s1. The van der Waals surface area contributed by atoms with Gasteiger partial charge in [0.25, 0.3) is 0 Å². The minimum absolute atomic E-state index is 0.0905. The highest BCUT2D eigenvalue weighted by Gasteiger charge is 2.19. The van der Waals surface area contributed by atoms with E-state index >= 15 is 0 Å². The summed E-state index contributed by atoms with van der Waals surface area (Å²) < 4.78 is 16.8. The molecule has 0 fully saturated rings. The Kier molecular flexibility index (Phi) is 51.3. The van der Waals surface area contributed by atoms with Crippen molar-refractivity contribution in [1.82, 2.24) is 0 Å². The summed E-state index contributed by atoms with van der Waals surface area (Å²) in [6.45, 7) is 6.57. The van der Waals surface area contributed by atoms with Gasteiger partial charge in [0.1, 0.15) is 13.2 Å². The van der Waals surface area contributed by atoms with Crippen LogP contribution in [0.3, 0.4) is 0 Å². The summed E-state index contributed by atoms with van der Waals surface area (Å²) in [5.41, 5.74) is 0. The van der Waals surface area contributed by atoms with Crippen LogP contribution in [0.2, 0.25) is 0 Å². The zero-order valence-electron chi connectivity index (χ0n) is 43.0. The molecule has 0 rings (SSSR count). The van der Waals surface area contributed by atoms with E-state index in [1.54, 1.807) is 0 Å². The van der Waals surface area contributed by atoms with Gasteiger partial charge in [-0.2, -0.15) is 0 Å². The van der Waals surface area contributed by atoms with E-state index in [1.165, 1.54) is 167 Å². The van der Waals surface area contributed by atoms with Gasteiger partial charge in [-0.05, 0) is 83.5 Å². The molecule has 1 atom stereocenters. The van der Waals surface area contributed by atoms with Gasteiger partial charge in [-0.15, -0.1) is 0 Å². The first-order valence-corrected chi connectivity index (χ1v) is 27.8. The third-order valence-corrected chi connectivity index (χ3v) is 12.0. The number of allylic oxidation sites excluding steroid dienone is 10. The molecular formula is C59H104O6. The van der Waals surface area contributed by atoms with Crippen molar-refractivity contribution in [1.29, 1.82) is 0 Å². The molecule has 0 N–H and O–H groups in total. The molecule has 376 valence electrons. The van der Waals surface area contributed by atoms with Gasteiger partial charge in [-0.1, -0.05) is 236 Å². The Morgan fingerprint density at radius 2 is 0.569 bits per heavy atom. The molecule has 0 amide bonds. The summed E-state index contributed by atoms with van der Waals surface area (Å²) in [5, 5.41) is 0. The van der Waals surface area contributed by atoms with Crippen LogP contribution in [0.25, 0.3) is 0 Å². The third-order valence-electron chi connectivity index (χ3n) is 12.0. The number of carbonyl (C=O) groups excluding carboxylic acids is 3. The molecule has 0 aliphatic carbocycles. The minimum Gasteiger partial charge on any atom is -0.462 e. The maximum Gasteiger partial charge on any atom is 0.306 e. The van der Waals surface area contributed by atoms with Crippen molar-refractivity contribution in [2.45, 2.75) is 284 Å². The fraction of sp³-hybridized carbons (Fsp3) is 0.780. The number of hydrogen-bond donors (Lipinski definition) is 0. The summed E-state index contributed by atoms with van der Waals surface area (Å²) >= 11 is 0. The van der Waals surface area contributed by atoms with Gasteiger partial charge in [0.2, 0.25) is 0 Å². The second kappa shape index (κ2) is 53.7. The Bertz CT molecular complexity index is 1180. The van der Waals surface area contributed by atoms with E-state index < -0.39 is 6.10 Å². The number of esters is 3. The molecule has 0 heterocycles. The number of ether oxygens (including phenoxy) is 3. The lowest BCUT2D eigenvalue weighted by atomic mass is 10.0. The Balaban J connectivity index is 4.45. The van der Waals surface area contributed by atoms with Crippen LogP contribution in [0.15, 0.2) is 60.8 Å². The maximum atomic E-state index is 12.8. The van der Waals surface area contributed by atoms with Gasteiger partial charge in [-0.3, -0.25) is 14.4 Å². The summed E-state index contributed by atoms with van der Waals surface area (Å²) in [4.78, 5) is 38.1. The molecule has 0 aliphatic heterocycles. The molecule has 0 bridgehead atoms. The van der Waals surface area contributed by atoms with E-state index in [9.17, 15) is 14.4 Å². The largest absolute Gasteiger partial charge is 0.462 e. The lowest BCUT2D eigenvalue weighted by Gasteiger charge is -2.18. The molecule has 0 unspecified atom stereocenters. The van der Waals surface area contributed by atoms with Crippen LogP contribution < -0.4 is 0 Å². The first kappa shape index (κ1) is 62.1. The van der Waals surface area contributed by atoms with Gasteiger partial charge in [0.15, 0.2) is 6.10 Å². The zero-order valence-corrected chi connectivity index (χ0v) is 43.0. The SMILES string of the molecule is CCCCC/C=C/C/C=C/C/C=C/C/C=C/CCCC(=O)OC[C@@H](COC(=O)CCCCCCCCCCCCCCC)OC(=O)CCCCCCCCC/C=C/CCCCCCCC. The van der Waals surface area contributed by atoms with E-state index in [-0.39, 0.29) is 37.5 Å². The molecule has 0 saturated carbocycles. The average Bonchev–Trinajstić information content (AvgIpc) is 3.30. The van der Waals surface area contributed by atoms with Crippen molar-refractivity contribution in [3.63, 3.8) is 0 Å². The Labute approximate surface area is 402 Å². The lowest BCUT2D eigenvalue weighted by Crippen LogP contribution is -2.30. The number of unbranched alkanes of at least 4 members (excludes halogenated alkanes) is 29. The summed E-state index contributed by atoms with van der Waals surface area (Å²) in [6, 6.07) is 0. The summed E-state index contributed by atoms with van der Waals surface area (Å²) in [6.07, 6.45) is 66.4. The molecular weight excluding hydrogens is 805 g/mol. The molecule has 0 spiro atoms. The lowest BCUT2D eigenvalue weighted by molar-refractivity contribution is -0.167. The molecule has 65 heavy (non-hydrogen) atoms. The molecule has 0 aromatic rings. The van der Waals surface area contributed by atoms with Crippen LogP contribution >= 0.6 is 0 Å². The van der Waals surface area contributed by atoms with Crippen molar-refractivity contribution < 1.29 is 28.6 Å². The Hall–Kier alpha value is -2.89. The fourth-order valence-corrected chi connectivity index (χ4v) is 7.78. The van der Waals surface area contributed by atoms with Crippen molar-refractivity contribution in [2.24, 2.45) is 0 Å². The van der Waals surface area contributed by atoms with E-state index in [2.05, 4.69) is 81.5 Å². The third kappa shape index (κ3) is 51.9. The Morgan fingerprint density at radius 3 is 0.969 bits per heavy atom. The van der Waals surface area contributed by atoms with Crippen LogP contribution in [0.5, 0.6) is 0 Å². The monoisotopic (exact) mass is 909 g/mol. The van der Waals surface area contributed by atoms with E-state index in [1.807, 2.05) is 0 Å². The van der Waals surface area contributed by atoms with Crippen LogP contribution in [0.4, 0.5) is 0 Å². The molecule has 0 saturated heterocycles. The van der Waals surface area contributed by atoms with Gasteiger partial charge < -0.3 is 14.2 Å². The number of hydrogen-bond acceptors (Lipinski definition) is 6. The van der Waals surface area contributed by atoms with Crippen LogP contribution in [0, 0.1) is 0 Å². The van der Waals surface area contributed by atoms with Crippen LogP contribution in [0.1, 0.15) is 278 Å².